The molecule has 1 N–H and O–H groups in total. The number of halogens is 2. The second-order valence-corrected chi connectivity index (χ2v) is 4.88. The SMILES string of the molecule is C=C(O)CCC(=O)c1cc(Br)ccc1Br. The lowest BCUT2D eigenvalue weighted by Gasteiger charge is -2.04. The van der Waals surface area contributed by atoms with Crippen LogP contribution in [0.4, 0.5) is 0 Å². The Hall–Kier alpha value is -0.610. The summed E-state index contributed by atoms with van der Waals surface area (Å²) in [6.07, 6.45) is 0.572. The van der Waals surface area contributed by atoms with Gasteiger partial charge in [0.2, 0.25) is 0 Å². The predicted molar refractivity (Wildman–Crippen MR) is 67.2 cm³/mol. The van der Waals surface area contributed by atoms with Gasteiger partial charge in [0, 0.05) is 27.4 Å². The Bertz CT molecular complexity index is 400. The lowest BCUT2D eigenvalue weighted by molar-refractivity contribution is 0.0978. The molecule has 0 saturated heterocycles. The van der Waals surface area contributed by atoms with Gasteiger partial charge in [0.1, 0.15) is 0 Å². The minimum absolute atomic E-state index is 0.0154. The average Bonchev–Trinajstić information content (AvgIpc) is 2.18. The molecular formula is C11H10Br2O2. The Labute approximate surface area is 105 Å². The minimum atomic E-state index is -0.0154. The van der Waals surface area contributed by atoms with E-state index >= 15 is 0 Å². The monoisotopic (exact) mass is 332 g/mol. The van der Waals surface area contributed by atoms with Gasteiger partial charge in [0.05, 0.1) is 5.76 Å². The molecule has 0 unspecified atom stereocenters. The molecule has 0 spiro atoms. The highest BCUT2D eigenvalue weighted by atomic mass is 79.9. The molecule has 1 aromatic carbocycles. The van der Waals surface area contributed by atoms with Gasteiger partial charge in [-0.3, -0.25) is 4.79 Å². The number of carbonyl (C=O) groups excluding carboxylic acids is 1. The van der Waals surface area contributed by atoms with Crippen molar-refractivity contribution in [2.75, 3.05) is 0 Å². The molecular weight excluding hydrogens is 324 g/mol. The van der Waals surface area contributed by atoms with Crippen molar-refractivity contribution in [3.8, 4) is 0 Å². The number of aliphatic hydroxyl groups excluding tert-OH is 1. The smallest absolute Gasteiger partial charge is 0.164 e. The van der Waals surface area contributed by atoms with Gasteiger partial charge in [-0.15, -0.1) is 0 Å². The van der Waals surface area contributed by atoms with Crippen molar-refractivity contribution in [3.63, 3.8) is 0 Å². The Morgan fingerprint density at radius 3 is 2.60 bits per heavy atom. The molecule has 0 aliphatic rings. The average molecular weight is 334 g/mol. The summed E-state index contributed by atoms with van der Waals surface area (Å²) < 4.78 is 1.62. The highest BCUT2D eigenvalue weighted by Gasteiger charge is 2.10. The van der Waals surface area contributed by atoms with Gasteiger partial charge in [-0.05, 0) is 18.2 Å². The fourth-order valence-corrected chi connectivity index (χ4v) is 1.93. The van der Waals surface area contributed by atoms with Crippen LogP contribution in [0.5, 0.6) is 0 Å². The van der Waals surface area contributed by atoms with E-state index in [0.29, 0.717) is 12.0 Å². The molecule has 0 heterocycles. The molecule has 0 aromatic heterocycles. The topological polar surface area (TPSA) is 37.3 Å². The van der Waals surface area contributed by atoms with Crippen molar-refractivity contribution in [2.24, 2.45) is 0 Å². The molecule has 0 aliphatic carbocycles. The second-order valence-electron chi connectivity index (χ2n) is 3.11. The van der Waals surface area contributed by atoms with E-state index in [9.17, 15) is 4.79 Å². The summed E-state index contributed by atoms with van der Waals surface area (Å²) in [6.45, 7) is 3.34. The zero-order chi connectivity index (χ0) is 11.4. The molecule has 0 aliphatic heterocycles. The third-order valence-electron chi connectivity index (χ3n) is 1.87. The van der Waals surface area contributed by atoms with Crippen LogP contribution in [-0.2, 0) is 0 Å². The fourth-order valence-electron chi connectivity index (χ4n) is 1.10. The Morgan fingerprint density at radius 1 is 1.33 bits per heavy atom. The van der Waals surface area contributed by atoms with Crippen molar-refractivity contribution >= 4 is 37.6 Å². The summed E-state index contributed by atoms with van der Waals surface area (Å²) in [5.74, 6) is 0.0212. The van der Waals surface area contributed by atoms with Crippen molar-refractivity contribution in [2.45, 2.75) is 12.8 Å². The van der Waals surface area contributed by atoms with Gasteiger partial charge in [-0.25, -0.2) is 0 Å². The third-order valence-corrected chi connectivity index (χ3v) is 3.05. The third kappa shape index (κ3) is 3.80. The maximum Gasteiger partial charge on any atom is 0.164 e. The molecule has 0 atom stereocenters. The van der Waals surface area contributed by atoms with Crippen molar-refractivity contribution in [3.05, 3.63) is 45.0 Å². The summed E-state index contributed by atoms with van der Waals surface area (Å²) >= 11 is 6.62. The van der Waals surface area contributed by atoms with Crippen LogP contribution < -0.4 is 0 Å². The van der Waals surface area contributed by atoms with E-state index < -0.39 is 0 Å². The fraction of sp³-hybridized carbons (Fsp3) is 0.182. The first-order valence-electron chi connectivity index (χ1n) is 4.35. The summed E-state index contributed by atoms with van der Waals surface area (Å²) in [6, 6.07) is 5.42. The normalized spacial score (nSPS) is 10.0. The number of rotatable bonds is 4. The highest BCUT2D eigenvalue weighted by Crippen LogP contribution is 2.23. The first-order valence-corrected chi connectivity index (χ1v) is 5.94. The first-order chi connectivity index (χ1) is 7.00. The number of benzene rings is 1. The number of ketones is 1. The molecule has 1 aromatic rings. The standard InChI is InChI=1S/C11H10Br2O2/c1-7(14)2-5-11(15)9-6-8(12)3-4-10(9)13/h3-4,6,14H,1-2,5H2. The first kappa shape index (κ1) is 12.5. The summed E-state index contributed by atoms with van der Waals surface area (Å²) in [5.41, 5.74) is 0.616. The number of aliphatic hydroxyl groups is 1. The van der Waals surface area contributed by atoms with Gasteiger partial charge in [0.25, 0.3) is 0 Å². The Morgan fingerprint density at radius 2 is 2.00 bits per heavy atom. The van der Waals surface area contributed by atoms with Crippen LogP contribution in [0.1, 0.15) is 23.2 Å². The number of carbonyl (C=O) groups is 1. The van der Waals surface area contributed by atoms with Crippen molar-refractivity contribution < 1.29 is 9.90 Å². The largest absolute Gasteiger partial charge is 0.513 e. The molecule has 0 amide bonds. The van der Waals surface area contributed by atoms with Gasteiger partial charge in [-0.1, -0.05) is 38.4 Å². The van der Waals surface area contributed by atoms with E-state index in [1.54, 1.807) is 6.07 Å². The van der Waals surface area contributed by atoms with Crippen LogP contribution in [-0.4, -0.2) is 10.9 Å². The quantitative estimate of drug-likeness (QED) is 0.660. The van der Waals surface area contributed by atoms with Crippen molar-refractivity contribution in [1.29, 1.82) is 0 Å². The van der Waals surface area contributed by atoms with Crippen molar-refractivity contribution in [1.82, 2.24) is 0 Å². The maximum atomic E-state index is 11.7. The number of allylic oxidation sites excluding steroid dienone is 1. The number of Topliss-reactive ketones (excluding diaryl/α,β-unsaturated/α-hetero) is 1. The molecule has 0 bridgehead atoms. The lowest BCUT2D eigenvalue weighted by Crippen LogP contribution is -2.00. The molecule has 15 heavy (non-hydrogen) atoms. The Kier molecular flexibility index (Phi) is 4.54. The lowest BCUT2D eigenvalue weighted by atomic mass is 10.1. The summed E-state index contributed by atoms with van der Waals surface area (Å²) in [7, 11) is 0. The molecule has 0 saturated carbocycles. The van der Waals surface area contributed by atoms with Crippen LogP contribution in [0.25, 0.3) is 0 Å². The van der Waals surface area contributed by atoms with E-state index in [2.05, 4.69) is 38.4 Å². The van der Waals surface area contributed by atoms with Gasteiger partial charge >= 0.3 is 0 Å². The zero-order valence-electron chi connectivity index (χ0n) is 7.96. The molecule has 80 valence electrons. The van der Waals surface area contributed by atoms with Crippen LogP contribution >= 0.6 is 31.9 Å². The number of hydrogen-bond acceptors (Lipinski definition) is 2. The maximum absolute atomic E-state index is 11.7. The molecule has 1 rings (SSSR count). The molecule has 2 nitrogen and oxygen atoms in total. The number of hydrogen-bond donors (Lipinski definition) is 1. The van der Waals surface area contributed by atoms with Gasteiger partial charge in [0.15, 0.2) is 5.78 Å². The predicted octanol–water partition coefficient (Wildman–Crippen LogP) is 4.25. The zero-order valence-corrected chi connectivity index (χ0v) is 11.1. The summed E-state index contributed by atoms with van der Waals surface area (Å²) in [4.78, 5) is 11.7. The van der Waals surface area contributed by atoms with Crippen LogP contribution in [0.2, 0.25) is 0 Å². The van der Waals surface area contributed by atoms with E-state index in [1.807, 2.05) is 12.1 Å². The van der Waals surface area contributed by atoms with Gasteiger partial charge < -0.3 is 5.11 Å². The second kappa shape index (κ2) is 5.47. The van der Waals surface area contributed by atoms with E-state index in [0.717, 1.165) is 8.95 Å². The molecule has 0 radical (unpaired) electrons. The van der Waals surface area contributed by atoms with E-state index in [-0.39, 0.29) is 18.0 Å². The summed E-state index contributed by atoms with van der Waals surface area (Å²) in [5, 5.41) is 8.90. The van der Waals surface area contributed by atoms with Gasteiger partial charge in [-0.2, -0.15) is 0 Å². The van der Waals surface area contributed by atoms with E-state index in [4.69, 9.17) is 5.11 Å². The highest BCUT2D eigenvalue weighted by molar-refractivity contribution is 9.11. The molecule has 0 fully saturated rings. The van der Waals surface area contributed by atoms with Crippen LogP contribution in [0.15, 0.2) is 39.5 Å². The van der Waals surface area contributed by atoms with Crippen LogP contribution in [0, 0.1) is 0 Å². The molecule has 4 heteroatoms. The Balaban J connectivity index is 2.81. The van der Waals surface area contributed by atoms with Crippen LogP contribution in [0.3, 0.4) is 0 Å². The van der Waals surface area contributed by atoms with E-state index in [1.165, 1.54) is 0 Å². The minimum Gasteiger partial charge on any atom is -0.513 e.